The Morgan fingerprint density at radius 3 is 2.42 bits per heavy atom. The Labute approximate surface area is 299 Å². The van der Waals surface area contributed by atoms with Crippen molar-refractivity contribution in [1.29, 1.82) is 0 Å². The van der Waals surface area contributed by atoms with E-state index in [1.54, 1.807) is 9.58 Å². The number of hydrogen-bond donors (Lipinski definition) is 2. The van der Waals surface area contributed by atoms with Gasteiger partial charge in [0.15, 0.2) is 0 Å². The zero-order valence-corrected chi connectivity index (χ0v) is 31.5. The number of urea groups is 1. The Balaban J connectivity index is 0.000000371. The molecule has 2 aliphatic heterocycles. The number of carbonyl (C=O) groups is 2. The first-order valence-corrected chi connectivity index (χ1v) is 17.9. The number of nitrogens with one attached hydrogen (secondary N) is 2. The Morgan fingerprint density at radius 2 is 1.82 bits per heavy atom. The predicted molar refractivity (Wildman–Crippen MR) is 205 cm³/mol. The number of likely N-dealkylation sites (tertiary alicyclic amines) is 1. The molecule has 0 saturated carbocycles. The number of carbonyl (C=O) groups excluding carboxylic acids is 2. The fourth-order valence-corrected chi connectivity index (χ4v) is 6.11. The number of hydrogen-bond acceptors (Lipinski definition) is 7. The van der Waals surface area contributed by atoms with Gasteiger partial charge in [-0.1, -0.05) is 75.4 Å². The van der Waals surface area contributed by atoms with E-state index in [9.17, 15) is 14.5 Å². The van der Waals surface area contributed by atoms with Crippen LogP contribution in [0.3, 0.4) is 0 Å². The van der Waals surface area contributed by atoms with Crippen molar-refractivity contribution in [3.8, 4) is 5.69 Å². The lowest BCUT2D eigenvalue weighted by atomic mass is 9.92. The highest BCUT2D eigenvalue weighted by Gasteiger charge is 2.33. The molecule has 0 aliphatic carbocycles. The van der Waals surface area contributed by atoms with Crippen molar-refractivity contribution in [2.24, 2.45) is 16.2 Å². The van der Waals surface area contributed by atoms with Gasteiger partial charge in [0.1, 0.15) is 12.2 Å². The van der Waals surface area contributed by atoms with Crippen LogP contribution >= 0.6 is 0 Å². The van der Waals surface area contributed by atoms with Crippen LogP contribution in [0, 0.1) is 10.8 Å². The maximum Gasteiger partial charge on any atom is 0.335 e. The van der Waals surface area contributed by atoms with Crippen LogP contribution < -0.4 is 10.7 Å². The zero-order valence-electron chi connectivity index (χ0n) is 31.5. The van der Waals surface area contributed by atoms with Gasteiger partial charge in [-0.05, 0) is 101 Å². The molecule has 50 heavy (non-hydrogen) atoms. The van der Waals surface area contributed by atoms with Gasteiger partial charge >= 0.3 is 6.03 Å². The molecule has 0 radical (unpaired) electrons. The van der Waals surface area contributed by atoms with E-state index >= 15 is 0 Å². The maximum absolute atomic E-state index is 13.2. The van der Waals surface area contributed by atoms with Gasteiger partial charge in [-0.2, -0.15) is 15.1 Å². The van der Waals surface area contributed by atoms with Gasteiger partial charge in [0, 0.05) is 37.6 Å². The van der Waals surface area contributed by atoms with Gasteiger partial charge in [-0.3, -0.25) is 9.69 Å². The van der Waals surface area contributed by atoms with Crippen LogP contribution in [0.1, 0.15) is 102 Å². The van der Waals surface area contributed by atoms with Crippen LogP contribution in [0.2, 0.25) is 0 Å². The molecule has 11 nitrogen and oxygen atoms in total. The summed E-state index contributed by atoms with van der Waals surface area (Å²) in [5.74, 6) is 0.361. The van der Waals surface area contributed by atoms with Crippen molar-refractivity contribution in [2.75, 3.05) is 26.2 Å². The minimum absolute atomic E-state index is 0.0960. The molecule has 2 N–H and O–H groups in total. The third-order valence-corrected chi connectivity index (χ3v) is 8.72. The Kier molecular flexibility index (Phi) is 18.4. The molecule has 1 fully saturated rings. The van der Waals surface area contributed by atoms with Gasteiger partial charge in [-0.15, -0.1) is 0 Å². The molecule has 3 amide bonds. The highest BCUT2D eigenvalue weighted by molar-refractivity contribution is 5.97. The minimum Gasteiger partial charge on any atom is -0.333 e. The molecule has 2 aliphatic rings. The number of aromatic nitrogens is 2. The van der Waals surface area contributed by atoms with Crippen LogP contribution in [-0.2, 0) is 19.5 Å². The average Bonchev–Trinajstić information content (AvgIpc) is 3.79. The summed E-state index contributed by atoms with van der Waals surface area (Å²) in [5, 5.41) is 13.5. The van der Waals surface area contributed by atoms with Gasteiger partial charge in [0.25, 0.3) is 5.91 Å². The molecule has 2 aromatic rings. The molecule has 1 aromatic carbocycles. The summed E-state index contributed by atoms with van der Waals surface area (Å²) in [6.45, 7) is 24.1. The van der Waals surface area contributed by atoms with Crippen LogP contribution in [0.25, 0.3) is 5.69 Å². The summed E-state index contributed by atoms with van der Waals surface area (Å²) in [6.07, 6.45) is 15.5. The normalized spacial score (nSPS) is 15.8. The first-order chi connectivity index (χ1) is 24.2. The van der Waals surface area contributed by atoms with E-state index in [1.165, 1.54) is 37.1 Å². The Bertz CT molecular complexity index is 1550. The van der Waals surface area contributed by atoms with Gasteiger partial charge in [0.2, 0.25) is 0 Å². The van der Waals surface area contributed by atoms with Gasteiger partial charge < -0.3 is 10.2 Å². The quantitative estimate of drug-likeness (QED) is 0.0725. The topological polar surface area (TPSA) is 124 Å². The summed E-state index contributed by atoms with van der Waals surface area (Å²) < 4.78 is 1.56. The van der Waals surface area contributed by atoms with E-state index in [1.807, 2.05) is 58.0 Å². The fourth-order valence-electron chi connectivity index (χ4n) is 6.11. The van der Waals surface area contributed by atoms with Crippen molar-refractivity contribution in [3.63, 3.8) is 0 Å². The second kappa shape index (κ2) is 22.2. The molecule has 11 heteroatoms. The highest BCUT2D eigenvalue weighted by Crippen LogP contribution is 2.28. The van der Waals surface area contributed by atoms with E-state index in [-0.39, 0.29) is 19.0 Å². The number of amides is 3. The molecule has 1 atom stereocenters. The molecule has 272 valence electrons. The standard InChI is InChI=1S/C20H23N7O3.C17H29N.C2H6/c1-4-13(2)26-9-8-16-17(12-23-30)25-27(18(16)19(26)28)15-7-5-6-14(10-15)11-22-20(29)24-21-3;1-5-8-11-15(4)17(7-3)16(6-2)14-18-12-9-10-13-18;1-2/h4-7,10H,3,8-9,11-12H2,1-2H3,(H2,22,24,29);6-8,11,15H,5,9-10,12-14H2,1-4H3;1-2H3/b13-4+;11-8-,16-6-,17-7-;. The van der Waals surface area contributed by atoms with Gasteiger partial charge in [0.05, 0.1) is 11.4 Å². The van der Waals surface area contributed by atoms with Gasteiger partial charge in [-0.25, -0.2) is 14.9 Å². The fraction of sp³-hybridized carbons (Fsp3) is 0.487. The average molecular weight is 687 g/mol. The lowest BCUT2D eigenvalue weighted by Gasteiger charge is -2.28. The van der Waals surface area contributed by atoms with Crippen LogP contribution in [0.5, 0.6) is 0 Å². The highest BCUT2D eigenvalue weighted by atomic mass is 16.3. The van der Waals surface area contributed by atoms with Crippen molar-refractivity contribution < 1.29 is 9.59 Å². The van der Waals surface area contributed by atoms with E-state index in [0.717, 1.165) is 29.8 Å². The molecule has 0 spiro atoms. The largest absolute Gasteiger partial charge is 0.335 e. The SMILES string of the molecule is C/C=C(\C(=C/C)CN1CCCC1)C(C)/C=C\CC.C=NNC(=O)NCc1cccc(-n2nc(CN=O)c3c2C(=O)N(/C(C)=C/C)CC3)c1.CC. The molecule has 0 bridgehead atoms. The van der Waals surface area contributed by atoms with Crippen molar-refractivity contribution in [3.05, 3.63) is 98.9 Å². The third-order valence-electron chi connectivity index (χ3n) is 8.72. The number of nitroso groups, excluding NO2 is 1. The zero-order chi connectivity index (χ0) is 37.1. The summed E-state index contributed by atoms with van der Waals surface area (Å²) in [7, 11) is 0. The molecule has 1 saturated heterocycles. The summed E-state index contributed by atoms with van der Waals surface area (Å²) in [5.41, 5.74) is 9.19. The summed E-state index contributed by atoms with van der Waals surface area (Å²) >= 11 is 0. The van der Waals surface area contributed by atoms with Crippen LogP contribution in [-0.4, -0.2) is 64.4 Å². The molecule has 4 rings (SSSR count). The van der Waals surface area contributed by atoms with Crippen molar-refractivity contribution in [1.82, 2.24) is 30.3 Å². The van der Waals surface area contributed by atoms with Crippen molar-refractivity contribution in [2.45, 2.75) is 94.2 Å². The van der Waals surface area contributed by atoms with Crippen LogP contribution in [0.15, 0.2) is 81.8 Å². The number of allylic oxidation sites excluding steroid dienone is 6. The second-order valence-electron chi connectivity index (χ2n) is 11.9. The van der Waals surface area contributed by atoms with E-state index < -0.39 is 6.03 Å². The molecule has 3 heterocycles. The molecule has 1 aromatic heterocycles. The Morgan fingerprint density at radius 1 is 1.10 bits per heavy atom. The molecule has 1 unspecified atom stereocenters. The lowest BCUT2D eigenvalue weighted by Crippen LogP contribution is -2.37. The van der Waals surface area contributed by atoms with Crippen molar-refractivity contribution >= 4 is 18.7 Å². The maximum atomic E-state index is 13.2. The monoisotopic (exact) mass is 686 g/mol. The lowest BCUT2D eigenvalue weighted by molar-refractivity contribution is 0.0782. The van der Waals surface area contributed by atoms with E-state index in [2.05, 4.69) is 89.7 Å². The first-order valence-electron chi connectivity index (χ1n) is 17.9. The minimum atomic E-state index is -0.473. The number of benzene rings is 1. The number of rotatable bonds is 13. The summed E-state index contributed by atoms with van der Waals surface area (Å²) in [6, 6.07) is 6.81. The first kappa shape index (κ1) is 41.5. The number of hydrazone groups is 1. The molecular formula is C39H58N8O3. The number of nitrogens with zero attached hydrogens (tertiary/aromatic N) is 6. The van der Waals surface area contributed by atoms with E-state index in [0.29, 0.717) is 36.0 Å². The predicted octanol–water partition coefficient (Wildman–Crippen LogP) is 8.08. The second-order valence-corrected chi connectivity index (χ2v) is 11.9. The smallest absolute Gasteiger partial charge is 0.333 e. The molecular weight excluding hydrogens is 628 g/mol. The third kappa shape index (κ3) is 11.5. The summed E-state index contributed by atoms with van der Waals surface area (Å²) in [4.78, 5) is 40.0. The number of fused-ring (bicyclic) bond motifs is 1. The van der Waals surface area contributed by atoms with Crippen LogP contribution in [0.4, 0.5) is 4.79 Å². The van der Waals surface area contributed by atoms with E-state index in [4.69, 9.17) is 0 Å². The Hall–Kier alpha value is -4.64.